The molecule has 1 N–H and O–H groups in total. The smallest absolute Gasteiger partial charge is 0.159 e. The van der Waals surface area contributed by atoms with Gasteiger partial charge in [-0.25, -0.2) is 8.78 Å². The van der Waals surface area contributed by atoms with Gasteiger partial charge in [-0.15, -0.1) is 0 Å². The fourth-order valence-corrected chi connectivity index (χ4v) is 1.97. The summed E-state index contributed by atoms with van der Waals surface area (Å²) in [5.74, 6) is -1.76. The minimum Gasteiger partial charge on any atom is -0.411 e. The highest BCUT2D eigenvalue weighted by Crippen LogP contribution is 2.32. The Morgan fingerprint density at radius 3 is 2.56 bits per heavy atom. The molecule has 0 saturated carbocycles. The lowest BCUT2D eigenvalue weighted by molar-refractivity contribution is 0.319. The molecular weight excluding hydrogens is 212 g/mol. The molecule has 0 spiro atoms. The Morgan fingerprint density at radius 1 is 1.19 bits per heavy atom. The number of rotatable bonds is 1. The molecule has 84 valence electrons. The Labute approximate surface area is 91.9 Å². The first kappa shape index (κ1) is 10.8. The average molecular weight is 223 g/mol. The minimum absolute atomic E-state index is 0.531. The first-order valence-electron chi connectivity index (χ1n) is 5.00. The number of nitrogens with zero attached hydrogens (tertiary/aromatic N) is 1. The molecular formula is C12H11F2NO. The van der Waals surface area contributed by atoms with Gasteiger partial charge in [0.05, 0.1) is 5.71 Å². The van der Waals surface area contributed by atoms with E-state index in [1.54, 1.807) is 0 Å². The van der Waals surface area contributed by atoms with Crippen LogP contribution in [-0.4, -0.2) is 10.9 Å². The van der Waals surface area contributed by atoms with Crippen molar-refractivity contribution in [2.24, 2.45) is 5.16 Å². The van der Waals surface area contributed by atoms with Gasteiger partial charge in [0.25, 0.3) is 0 Å². The quantitative estimate of drug-likeness (QED) is 0.574. The number of benzene rings is 1. The summed E-state index contributed by atoms with van der Waals surface area (Å²) in [6.07, 6.45) is 1.42. The van der Waals surface area contributed by atoms with Crippen molar-refractivity contribution in [3.8, 4) is 0 Å². The van der Waals surface area contributed by atoms with Gasteiger partial charge in [-0.2, -0.15) is 0 Å². The van der Waals surface area contributed by atoms with E-state index in [0.29, 0.717) is 17.7 Å². The van der Waals surface area contributed by atoms with E-state index >= 15 is 0 Å². The van der Waals surface area contributed by atoms with Crippen LogP contribution in [0, 0.1) is 11.6 Å². The van der Waals surface area contributed by atoms with Gasteiger partial charge in [0.15, 0.2) is 11.6 Å². The Balaban J connectivity index is 2.51. The van der Waals surface area contributed by atoms with Gasteiger partial charge in [0, 0.05) is 5.57 Å². The molecule has 0 radical (unpaired) electrons. The molecule has 4 heteroatoms. The van der Waals surface area contributed by atoms with Crippen molar-refractivity contribution in [1.29, 1.82) is 0 Å². The fraction of sp³-hybridized carbons (Fsp3) is 0.250. The Bertz CT molecular complexity index is 492. The van der Waals surface area contributed by atoms with Crippen LogP contribution in [0.1, 0.15) is 25.3 Å². The summed E-state index contributed by atoms with van der Waals surface area (Å²) in [5, 5.41) is 12.0. The van der Waals surface area contributed by atoms with E-state index in [0.717, 1.165) is 29.7 Å². The normalized spacial score (nSPS) is 18.6. The second-order valence-corrected chi connectivity index (χ2v) is 3.83. The van der Waals surface area contributed by atoms with Crippen molar-refractivity contribution in [3.63, 3.8) is 0 Å². The zero-order valence-corrected chi connectivity index (χ0v) is 8.80. The van der Waals surface area contributed by atoms with Crippen molar-refractivity contribution >= 4 is 11.3 Å². The summed E-state index contributed by atoms with van der Waals surface area (Å²) in [7, 11) is 0. The number of halogens is 2. The second kappa shape index (κ2) is 4.04. The Hall–Kier alpha value is -1.71. The van der Waals surface area contributed by atoms with E-state index in [2.05, 4.69) is 5.16 Å². The van der Waals surface area contributed by atoms with Gasteiger partial charge < -0.3 is 5.21 Å². The highest BCUT2D eigenvalue weighted by atomic mass is 19.2. The molecule has 2 rings (SSSR count). The number of hydrogen-bond donors (Lipinski definition) is 1. The molecule has 0 atom stereocenters. The molecule has 0 aromatic heterocycles. The maximum atomic E-state index is 13.1. The van der Waals surface area contributed by atoms with Crippen molar-refractivity contribution in [2.75, 3.05) is 0 Å². The van der Waals surface area contributed by atoms with Crippen LogP contribution in [0.2, 0.25) is 0 Å². The van der Waals surface area contributed by atoms with E-state index in [9.17, 15) is 8.78 Å². The summed E-state index contributed by atoms with van der Waals surface area (Å²) in [6, 6.07) is 3.71. The zero-order chi connectivity index (χ0) is 11.7. The number of oxime groups is 1. The van der Waals surface area contributed by atoms with Crippen LogP contribution in [0.3, 0.4) is 0 Å². The van der Waals surface area contributed by atoms with Crippen LogP contribution in [0.25, 0.3) is 5.57 Å². The predicted molar refractivity (Wildman–Crippen MR) is 57.4 cm³/mol. The van der Waals surface area contributed by atoms with Crippen molar-refractivity contribution in [2.45, 2.75) is 19.8 Å². The van der Waals surface area contributed by atoms with Gasteiger partial charge in [0.2, 0.25) is 0 Å². The molecule has 1 aliphatic rings. The summed E-state index contributed by atoms with van der Waals surface area (Å²) >= 11 is 0. The van der Waals surface area contributed by atoms with Crippen molar-refractivity contribution < 1.29 is 14.0 Å². The maximum Gasteiger partial charge on any atom is 0.159 e. The lowest BCUT2D eigenvalue weighted by atomic mass is 10.0. The van der Waals surface area contributed by atoms with Gasteiger partial charge in [-0.1, -0.05) is 16.8 Å². The molecule has 0 bridgehead atoms. The molecule has 0 amide bonds. The topological polar surface area (TPSA) is 32.6 Å². The first-order chi connectivity index (χ1) is 7.63. The SMILES string of the molecule is CC1=C(c2ccc(F)c(F)c2)/C(=N/O)CC1. The zero-order valence-electron chi connectivity index (χ0n) is 8.80. The molecule has 0 aliphatic heterocycles. The third kappa shape index (κ3) is 1.71. The van der Waals surface area contributed by atoms with Crippen LogP contribution >= 0.6 is 0 Å². The lowest BCUT2D eigenvalue weighted by Gasteiger charge is -2.05. The molecule has 0 fully saturated rings. The van der Waals surface area contributed by atoms with Crippen LogP contribution < -0.4 is 0 Å². The fourth-order valence-electron chi connectivity index (χ4n) is 1.97. The Morgan fingerprint density at radius 2 is 1.94 bits per heavy atom. The van der Waals surface area contributed by atoms with E-state index in [-0.39, 0.29) is 0 Å². The number of allylic oxidation sites excluding steroid dienone is 2. The molecule has 0 saturated heterocycles. The lowest BCUT2D eigenvalue weighted by Crippen LogP contribution is -1.98. The van der Waals surface area contributed by atoms with Gasteiger partial charge in [0.1, 0.15) is 0 Å². The molecule has 2 nitrogen and oxygen atoms in total. The second-order valence-electron chi connectivity index (χ2n) is 3.83. The maximum absolute atomic E-state index is 13.1. The van der Waals surface area contributed by atoms with E-state index in [1.807, 2.05) is 6.92 Å². The molecule has 1 aromatic rings. The van der Waals surface area contributed by atoms with Crippen LogP contribution in [0.15, 0.2) is 28.9 Å². The molecule has 0 unspecified atom stereocenters. The van der Waals surface area contributed by atoms with Gasteiger partial charge in [-0.3, -0.25) is 0 Å². The summed E-state index contributed by atoms with van der Waals surface area (Å²) in [5.41, 5.74) is 2.84. The van der Waals surface area contributed by atoms with Crippen molar-refractivity contribution in [3.05, 3.63) is 41.0 Å². The summed E-state index contributed by atoms with van der Waals surface area (Å²) in [4.78, 5) is 0. The minimum atomic E-state index is -0.887. The molecule has 1 aromatic carbocycles. The third-order valence-corrected chi connectivity index (χ3v) is 2.78. The highest BCUT2D eigenvalue weighted by molar-refractivity contribution is 6.26. The van der Waals surface area contributed by atoms with Gasteiger partial charge in [-0.05, 0) is 37.5 Å². The standard InChI is InChI=1S/C12H11F2NO/c1-7-2-5-11(15-16)12(7)8-3-4-9(13)10(14)6-8/h3-4,6,16H,2,5H2,1H3/b15-11+. The van der Waals surface area contributed by atoms with Crippen LogP contribution in [-0.2, 0) is 0 Å². The number of hydrogen-bond acceptors (Lipinski definition) is 2. The first-order valence-corrected chi connectivity index (χ1v) is 5.00. The molecule has 1 aliphatic carbocycles. The monoisotopic (exact) mass is 223 g/mol. The van der Waals surface area contributed by atoms with Crippen LogP contribution in [0.4, 0.5) is 8.78 Å². The largest absolute Gasteiger partial charge is 0.411 e. The summed E-state index contributed by atoms with van der Waals surface area (Å²) in [6.45, 7) is 1.90. The predicted octanol–water partition coefficient (Wildman–Crippen LogP) is 3.36. The van der Waals surface area contributed by atoms with Crippen molar-refractivity contribution in [1.82, 2.24) is 0 Å². The average Bonchev–Trinajstić information content (AvgIpc) is 2.64. The highest BCUT2D eigenvalue weighted by Gasteiger charge is 2.21. The van der Waals surface area contributed by atoms with Crippen LogP contribution in [0.5, 0.6) is 0 Å². The third-order valence-electron chi connectivity index (χ3n) is 2.78. The molecule has 0 heterocycles. The van der Waals surface area contributed by atoms with E-state index < -0.39 is 11.6 Å². The molecule has 16 heavy (non-hydrogen) atoms. The van der Waals surface area contributed by atoms with E-state index in [1.165, 1.54) is 6.07 Å². The Kier molecular flexibility index (Phi) is 2.73. The van der Waals surface area contributed by atoms with Gasteiger partial charge >= 0.3 is 0 Å². The summed E-state index contributed by atoms with van der Waals surface area (Å²) < 4.78 is 25.9. The van der Waals surface area contributed by atoms with E-state index in [4.69, 9.17) is 5.21 Å².